The molecule has 0 radical (unpaired) electrons. The summed E-state index contributed by atoms with van der Waals surface area (Å²) in [6.45, 7) is 1.49. The number of nitrogens with two attached hydrogens (primary N) is 1. The summed E-state index contributed by atoms with van der Waals surface area (Å²) in [5.74, 6) is -0.802. The predicted octanol–water partition coefficient (Wildman–Crippen LogP) is 0.973. The largest absolute Gasteiger partial charge is 0.375 e. The van der Waals surface area contributed by atoms with Crippen molar-refractivity contribution in [3.63, 3.8) is 0 Å². The van der Waals surface area contributed by atoms with Gasteiger partial charge < -0.3 is 11.1 Å². The van der Waals surface area contributed by atoms with Crippen LogP contribution in [0.25, 0.3) is 0 Å². The smallest absolute Gasteiger partial charge is 0.271 e. The molecule has 0 atom stereocenters. The average molecular weight is 254 g/mol. The lowest BCUT2D eigenvalue weighted by Crippen LogP contribution is -2.28. The zero-order chi connectivity index (χ0) is 12.8. The lowest BCUT2D eigenvalue weighted by molar-refractivity contribution is -0.110. The maximum absolute atomic E-state index is 12.6. The van der Waals surface area contributed by atoms with Crippen LogP contribution < -0.4 is 16.5 Å². The molecule has 0 aliphatic rings. The van der Waals surface area contributed by atoms with Crippen molar-refractivity contribution in [1.82, 2.24) is 5.43 Å². The molecule has 1 aromatic carbocycles. The van der Waals surface area contributed by atoms with E-state index < -0.39 is 5.91 Å². The van der Waals surface area contributed by atoms with E-state index >= 15 is 0 Å². The molecule has 0 bridgehead atoms. The Kier molecular flexibility index (Phi) is 4.53. The number of amides is 1. The van der Waals surface area contributed by atoms with Crippen LogP contribution in [0.2, 0.25) is 0 Å². The Morgan fingerprint density at radius 3 is 2.53 bits per heavy atom. The van der Waals surface area contributed by atoms with Crippen molar-refractivity contribution < 1.29 is 9.18 Å². The number of nitrogens with one attached hydrogen (secondary N) is 2. The molecule has 1 amide bonds. The minimum Gasteiger partial charge on any atom is -0.375 e. The van der Waals surface area contributed by atoms with Gasteiger partial charge in [-0.2, -0.15) is 5.10 Å². The molecule has 0 heterocycles. The van der Waals surface area contributed by atoms with E-state index in [-0.39, 0.29) is 16.6 Å². The molecule has 7 heteroatoms. The number of halogens is 1. The van der Waals surface area contributed by atoms with Gasteiger partial charge in [-0.05, 0) is 43.4 Å². The van der Waals surface area contributed by atoms with E-state index in [1.807, 2.05) is 0 Å². The van der Waals surface area contributed by atoms with Crippen LogP contribution in [0.5, 0.6) is 0 Å². The van der Waals surface area contributed by atoms with Crippen molar-refractivity contribution in [3.8, 4) is 0 Å². The van der Waals surface area contributed by atoms with Gasteiger partial charge in [0.1, 0.15) is 11.5 Å². The summed E-state index contributed by atoms with van der Waals surface area (Å²) in [7, 11) is 0. The number of benzene rings is 1. The SMILES string of the molecule is CC(=NNC(N)=S)C(=O)Nc1ccc(F)cc1. The first-order valence-corrected chi connectivity index (χ1v) is 5.06. The maximum atomic E-state index is 12.6. The minimum atomic E-state index is -0.430. The van der Waals surface area contributed by atoms with Crippen LogP contribution >= 0.6 is 12.2 Å². The number of anilines is 1. The number of thiocarbonyl (C=S) groups is 1. The van der Waals surface area contributed by atoms with E-state index in [0.717, 1.165) is 0 Å². The second-order valence-corrected chi connectivity index (χ2v) is 3.57. The van der Waals surface area contributed by atoms with Crippen LogP contribution in [0.15, 0.2) is 29.4 Å². The van der Waals surface area contributed by atoms with Gasteiger partial charge in [0.05, 0.1) is 0 Å². The quantitative estimate of drug-likeness (QED) is 0.426. The van der Waals surface area contributed by atoms with Crippen molar-refractivity contribution in [1.29, 1.82) is 0 Å². The van der Waals surface area contributed by atoms with Gasteiger partial charge in [-0.15, -0.1) is 0 Å². The zero-order valence-electron chi connectivity index (χ0n) is 9.03. The number of hydrogen-bond donors (Lipinski definition) is 3. The molecular formula is C10H11FN4OS. The summed E-state index contributed by atoms with van der Waals surface area (Å²) < 4.78 is 12.6. The molecule has 0 fully saturated rings. The van der Waals surface area contributed by atoms with E-state index in [0.29, 0.717) is 5.69 Å². The van der Waals surface area contributed by atoms with Crippen molar-refractivity contribution in [2.45, 2.75) is 6.92 Å². The highest BCUT2D eigenvalue weighted by atomic mass is 32.1. The lowest BCUT2D eigenvalue weighted by atomic mass is 10.3. The zero-order valence-corrected chi connectivity index (χ0v) is 9.84. The van der Waals surface area contributed by atoms with E-state index in [2.05, 4.69) is 28.1 Å². The summed E-state index contributed by atoms with van der Waals surface area (Å²) in [6, 6.07) is 5.38. The summed E-state index contributed by atoms with van der Waals surface area (Å²) >= 11 is 4.53. The minimum absolute atomic E-state index is 0.0288. The summed E-state index contributed by atoms with van der Waals surface area (Å²) in [6.07, 6.45) is 0. The lowest BCUT2D eigenvalue weighted by Gasteiger charge is -2.04. The van der Waals surface area contributed by atoms with Crippen molar-refractivity contribution in [3.05, 3.63) is 30.1 Å². The van der Waals surface area contributed by atoms with Gasteiger partial charge in [0.2, 0.25) is 0 Å². The first kappa shape index (κ1) is 13.0. The number of nitrogens with zero attached hydrogens (tertiary/aromatic N) is 1. The summed E-state index contributed by atoms with van der Waals surface area (Å²) in [5.41, 5.74) is 8.08. The van der Waals surface area contributed by atoms with Crippen LogP contribution in [0.4, 0.5) is 10.1 Å². The standard InChI is InChI=1S/C10H11FN4OS/c1-6(14-15-10(12)17)9(16)13-8-4-2-7(11)3-5-8/h2-5H,1H3,(H,13,16)(H3,12,15,17). The number of hydrazone groups is 1. The fourth-order valence-corrected chi connectivity index (χ4v) is 0.990. The number of carbonyl (C=O) groups is 1. The molecule has 5 nitrogen and oxygen atoms in total. The van der Waals surface area contributed by atoms with Crippen LogP contribution in [-0.2, 0) is 4.79 Å². The Morgan fingerprint density at radius 2 is 2.00 bits per heavy atom. The third-order valence-electron chi connectivity index (χ3n) is 1.76. The fraction of sp³-hybridized carbons (Fsp3) is 0.100. The number of hydrogen-bond acceptors (Lipinski definition) is 3. The number of rotatable bonds is 3. The Bertz CT molecular complexity index is 458. The summed E-state index contributed by atoms with van der Waals surface area (Å²) in [4.78, 5) is 11.6. The fourth-order valence-electron chi connectivity index (χ4n) is 0.944. The van der Waals surface area contributed by atoms with Crippen molar-refractivity contribution >= 4 is 34.6 Å². The second-order valence-electron chi connectivity index (χ2n) is 3.13. The third kappa shape index (κ3) is 4.56. The highest BCUT2D eigenvalue weighted by Gasteiger charge is 2.06. The molecule has 1 rings (SSSR count). The van der Waals surface area contributed by atoms with Gasteiger partial charge >= 0.3 is 0 Å². The van der Waals surface area contributed by atoms with Crippen LogP contribution in [0.1, 0.15) is 6.92 Å². The van der Waals surface area contributed by atoms with Gasteiger partial charge in [0, 0.05) is 5.69 Å². The normalized spacial score (nSPS) is 10.8. The van der Waals surface area contributed by atoms with Gasteiger partial charge in [-0.1, -0.05) is 0 Å². The molecule has 4 N–H and O–H groups in total. The van der Waals surface area contributed by atoms with Crippen molar-refractivity contribution in [2.75, 3.05) is 5.32 Å². The maximum Gasteiger partial charge on any atom is 0.271 e. The molecule has 0 aliphatic carbocycles. The highest BCUT2D eigenvalue weighted by Crippen LogP contribution is 2.07. The Morgan fingerprint density at radius 1 is 1.41 bits per heavy atom. The second kappa shape index (κ2) is 5.90. The first-order chi connectivity index (χ1) is 7.99. The van der Waals surface area contributed by atoms with Crippen LogP contribution in [0, 0.1) is 5.82 Å². The third-order valence-corrected chi connectivity index (χ3v) is 1.86. The Balaban J connectivity index is 2.63. The van der Waals surface area contributed by atoms with Crippen molar-refractivity contribution in [2.24, 2.45) is 10.8 Å². The molecular weight excluding hydrogens is 243 g/mol. The Hall–Kier alpha value is -2.02. The molecule has 0 aliphatic heterocycles. The van der Waals surface area contributed by atoms with Gasteiger partial charge in [0.25, 0.3) is 5.91 Å². The van der Waals surface area contributed by atoms with E-state index in [9.17, 15) is 9.18 Å². The van der Waals surface area contributed by atoms with Gasteiger partial charge in [-0.3, -0.25) is 10.2 Å². The first-order valence-electron chi connectivity index (χ1n) is 4.65. The van der Waals surface area contributed by atoms with E-state index in [1.54, 1.807) is 0 Å². The molecule has 1 aromatic rings. The molecule has 17 heavy (non-hydrogen) atoms. The molecule has 0 unspecified atom stereocenters. The summed E-state index contributed by atoms with van der Waals surface area (Å²) in [5, 5.41) is 6.16. The monoisotopic (exact) mass is 254 g/mol. The van der Waals surface area contributed by atoms with E-state index in [4.69, 9.17) is 5.73 Å². The van der Waals surface area contributed by atoms with Crippen LogP contribution in [-0.4, -0.2) is 16.7 Å². The van der Waals surface area contributed by atoms with Gasteiger partial charge in [0.15, 0.2) is 5.11 Å². The highest BCUT2D eigenvalue weighted by molar-refractivity contribution is 7.80. The number of carbonyl (C=O) groups excluding carboxylic acids is 1. The molecule has 0 saturated heterocycles. The average Bonchev–Trinajstić information content (AvgIpc) is 2.28. The van der Waals surface area contributed by atoms with Gasteiger partial charge in [-0.25, -0.2) is 4.39 Å². The molecule has 90 valence electrons. The molecule has 0 saturated carbocycles. The predicted molar refractivity (Wildman–Crippen MR) is 68.1 cm³/mol. The topological polar surface area (TPSA) is 79.5 Å². The molecule has 0 aromatic heterocycles. The molecule has 0 spiro atoms. The van der Waals surface area contributed by atoms with E-state index in [1.165, 1.54) is 31.2 Å². The van der Waals surface area contributed by atoms with Crippen LogP contribution in [0.3, 0.4) is 0 Å². The Labute approximate surface area is 103 Å².